The van der Waals surface area contributed by atoms with E-state index in [9.17, 15) is 4.79 Å². The van der Waals surface area contributed by atoms with Crippen LogP contribution in [0.3, 0.4) is 0 Å². The number of fused-ring (bicyclic) bond motifs is 1. The number of nitrogens with one attached hydrogen (secondary N) is 1. The van der Waals surface area contributed by atoms with E-state index in [1.165, 1.54) is 0 Å². The quantitative estimate of drug-likeness (QED) is 0.767. The minimum atomic E-state index is -0.0582. The zero-order valence-corrected chi connectivity index (χ0v) is 13.2. The van der Waals surface area contributed by atoms with Gasteiger partial charge < -0.3 is 9.88 Å². The Kier molecular flexibility index (Phi) is 3.72. The van der Waals surface area contributed by atoms with Gasteiger partial charge in [0.05, 0.1) is 0 Å². The van der Waals surface area contributed by atoms with Crippen LogP contribution in [0.2, 0.25) is 0 Å². The molecular formula is C19H20N2O. The first-order valence-electron chi connectivity index (χ1n) is 7.56. The number of hydrogen-bond donors (Lipinski definition) is 1. The molecule has 112 valence electrons. The van der Waals surface area contributed by atoms with Crippen molar-refractivity contribution in [2.75, 3.05) is 5.32 Å². The summed E-state index contributed by atoms with van der Waals surface area (Å²) in [6.07, 6.45) is 0.893. The Morgan fingerprint density at radius 3 is 2.50 bits per heavy atom. The number of benzene rings is 2. The molecule has 1 N–H and O–H groups in total. The SMILES string of the molecule is CCc1ccccc1NC(=O)c1c(C)c2ccccc2n1C. The van der Waals surface area contributed by atoms with Crippen molar-refractivity contribution in [1.29, 1.82) is 0 Å². The molecule has 3 aromatic rings. The van der Waals surface area contributed by atoms with Crippen molar-refractivity contribution >= 4 is 22.5 Å². The average Bonchev–Trinajstić information content (AvgIpc) is 2.80. The molecule has 0 fully saturated rings. The molecule has 22 heavy (non-hydrogen) atoms. The molecule has 0 radical (unpaired) electrons. The number of carbonyl (C=O) groups excluding carboxylic acids is 1. The Balaban J connectivity index is 2.03. The molecule has 0 aliphatic heterocycles. The molecule has 1 heterocycles. The van der Waals surface area contributed by atoms with Crippen LogP contribution < -0.4 is 5.32 Å². The van der Waals surface area contributed by atoms with Gasteiger partial charge in [-0.25, -0.2) is 0 Å². The second kappa shape index (κ2) is 5.68. The van der Waals surface area contributed by atoms with Crippen LogP contribution in [0.25, 0.3) is 10.9 Å². The van der Waals surface area contributed by atoms with Crippen LogP contribution >= 0.6 is 0 Å². The molecule has 2 aromatic carbocycles. The smallest absolute Gasteiger partial charge is 0.272 e. The van der Waals surface area contributed by atoms with E-state index >= 15 is 0 Å². The largest absolute Gasteiger partial charge is 0.339 e. The third-order valence-electron chi connectivity index (χ3n) is 4.22. The predicted molar refractivity (Wildman–Crippen MR) is 91.4 cm³/mol. The van der Waals surface area contributed by atoms with Crippen molar-refractivity contribution in [3.8, 4) is 0 Å². The fourth-order valence-corrected chi connectivity index (χ4v) is 3.04. The first-order valence-corrected chi connectivity index (χ1v) is 7.56. The van der Waals surface area contributed by atoms with Gasteiger partial charge in [-0.2, -0.15) is 0 Å². The van der Waals surface area contributed by atoms with Gasteiger partial charge in [0.1, 0.15) is 5.69 Å². The normalized spacial score (nSPS) is 10.9. The molecule has 0 unspecified atom stereocenters. The minimum absolute atomic E-state index is 0.0582. The molecule has 0 atom stereocenters. The summed E-state index contributed by atoms with van der Waals surface area (Å²) in [5.41, 5.74) is 4.84. The van der Waals surface area contributed by atoms with E-state index in [0.29, 0.717) is 5.69 Å². The Morgan fingerprint density at radius 1 is 1.09 bits per heavy atom. The lowest BCUT2D eigenvalue weighted by Gasteiger charge is -2.11. The highest BCUT2D eigenvalue weighted by atomic mass is 16.2. The zero-order chi connectivity index (χ0) is 15.7. The first kappa shape index (κ1) is 14.4. The zero-order valence-electron chi connectivity index (χ0n) is 13.2. The molecule has 0 saturated heterocycles. The van der Waals surface area contributed by atoms with Gasteiger partial charge in [0.2, 0.25) is 0 Å². The lowest BCUT2D eigenvalue weighted by atomic mass is 10.1. The van der Waals surface area contributed by atoms with Gasteiger partial charge in [0.15, 0.2) is 0 Å². The van der Waals surface area contributed by atoms with Gasteiger partial charge >= 0.3 is 0 Å². The van der Waals surface area contributed by atoms with Crippen LogP contribution in [0.15, 0.2) is 48.5 Å². The molecule has 0 aliphatic carbocycles. The third kappa shape index (κ3) is 2.29. The van der Waals surface area contributed by atoms with E-state index in [2.05, 4.69) is 18.3 Å². The number of aryl methyl sites for hydroxylation is 3. The molecule has 0 aliphatic rings. The number of amides is 1. The van der Waals surface area contributed by atoms with Gasteiger partial charge in [0, 0.05) is 23.6 Å². The standard InChI is InChI=1S/C19H20N2O/c1-4-14-9-5-7-11-16(14)20-19(22)18-13(2)15-10-6-8-12-17(15)21(18)3/h5-12H,4H2,1-3H3,(H,20,22). The molecular weight excluding hydrogens is 272 g/mol. The Bertz CT molecular complexity index is 807. The Labute approximate surface area is 130 Å². The Morgan fingerprint density at radius 2 is 1.77 bits per heavy atom. The molecule has 3 nitrogen and oxygen atoms in total. The third-order valence-corrected chi connectivity index (χ3v) is 4.22. The lowest BCUT2D eigenvalue weighted by molar-refractivity contribution is 0.101. The number of carbonyl (C=O) groups is 1. The van der Waals surface area contributed by atoms with Crippen LogP contribution in [0.1, 0.15) is 28.5 Å². The number of para-hydroxylation sites is 2. The van der Waals surface area contributed by atoms with Crippen LogP contribution in [0.4, 0.5) is 5.69 Å². The lowest BCUT2D eigenvalue weighted by Crippen LogP contribution is -2.17. The van der Waals surface area contributed by atoms with Crippen LogP contribution in [-0.2, 0) is 13.5 Å². The first-order chi connectivity index (χ1) is 10.6. The highest BCUT2D eigenvalue weighted by Crippen LogP contribution is 2.25. The summed E-state index contributed by atoms with van der Waals surface area (Å²) < 4.78 is 1.97. The van der Waals surface area contributed by atoms with E-state index in [1.54, 1.807) is 0 Å². The molecule has 0 spiro atoms. The maximum Gasteiger partial charge on any atom is 0.272 e. The second-order valence-corrected chi connectivity index (χ2v) is 5.51. The number of rotatable bonds is 3. The summed E-state index contributed by atoms with van der Waals surface area (Å²) in [5, 5.41) is 4.18. The highest BCUT2D eigenvalue weighted by Gasteiger charge is 2.18. The van der Waals surface area contributed by atoms with Crippen LogP contribution in [0.5, 0.6) is 0 Å². The monoisotopic (exact) mass is 292 g/mol. The maximum atomic E-state index is 12.8. The predicted octanol–water partition coefficient (Wildman–Crippen LogP) is 4.30. The molecule has 3 rings (SSSR count). The van der Waals surface area contributed by atoms with Gasteiger partial charge in [-0.1, -0.05) is 43.3 Å². The van der Waals surface area contributed by atoms with Crippen LogP contribution in [0, 0.1) is 6.92 Å². The van der Waals surface area contributed by atoms with E-state index in [0.717, 1.165) is 34.1 Å². The van der Waals surface area contributed by atoms with Gasteiger partial charge in [0.25, 0.3) is 5.91 Å². The maximum absolute atomic E-state index is 12.8. The van der Waals surface area contributed by atoms with Crippen molar-refractivity contribution in [2.45, 2.75) is 20.3 Å². The summed E-state index contributed by atoms with van der Waals surface area (Å²) in [5.74, 6) is -0.0582. The topological polar surface area (TPSA) is 34.0 Å². The van der Waals surface area contributed by atoms with Gasteiger partial charge in [-0.3, -0.25) is 4.79 Å². The van der Waals surface area contributed by atoms with Gasteiger partial charge in [-0.05, 0) is 36.6 Å². The number of anilines is 1. The van der Waals surface area contributed by atoms with E-state index < -0.39 is 0 Å². The Hall–Kier alpha value is -2.55. The van der Waals surface area contributed by atoms with E-state index in [-0.39, 0.29) is 5.91 Å². The number of aromatic nitrogens is 1. The minimum Gasteiger partial charge on any atom is -0.339 e. The van der Waals surface area contributed by atoms with Crippen molar-refractivity contribution < 1.29 is 4.79 Å². The van der Waals surface area contributed by atoms with E-state index in [4.69, 9.17) is 0 Å². The van der Waals surface area contributed by atoms with E-state index in [1.807, 2.05) is 61.0 Å². The summed E-state index contributed by atoms with van der Waals surface area (Å²) in [6.45, 7) is 4.09. The molecule has 3 heteroatoms. The summed E-state index contributed by atoms with van der Waals surface area (Å²) >= 11 is 0. The fraction of sp³-hybridized carbons (Fsp3) is 0.211. The van der Waals surface area contributed by atoms with Crippen molar-refractivity contribution in [3.63, 3.8) is 0 Å². The molecule has 1 aromatic heterocycles. The average molecular weight is 292 g/mol. The van der Waals surface area contributed by atoms with Crippen molar-refractivity contribution in [1.82, 2.24) is 4.57 Å². The molecule has 0 saturated carbocycles. The summed E-state index contributed by atoms with van der Waals surface area (Å²) in [4.78, 5) is 12.8. The molecule has 1 amide bonds. The summed E-state index contributed by atoms with van der Waals surface area (Å²) in [6, 6.07) is 16.0. The number of hydrogen-bond acceptors (Lipinski definition) is 1. The van der Waals surface area contributed by atoms with Crippen molar-refractivity contribution in [3.05, 3.63) is 65.4 Å². The second-order valence-electron chi connectivity index (χ2n) is 5.51. The highest BCUT2D eigenvalue weighted by molar-refractivity contribution is 6.08. The summed E-state index contributed by atoms with van der Waals surface area (Å²) in [7, 11) is 1.94. The fourth-order valence-electron chi connectivity index (χ4n) is 3.04. The van der Waals surface area contributed by atoms with Crippen molar-refractivity contribution in [2.24, 2.45) is 7.05 Å². The van der Waals surface area contributed by atoms with Gasteiger partial charge in [-0.15, -0.1) is 0 Å². The van der Waals surface area contributed by atoms with Crippen LogP contribution in [-0.4, -0.2) is 10.5 Å². The molecule has 0 bridgehead atoms. The number of nitrogens with zero attached hydrogens (tertiary/aromatic N) is 1.